The normalized spacial score (nSPS) is 14.1. The van der Waals surface area contributed by atoms with Crippen LogP contribution in [0.2, 0.25) is 0 Å². The highest BCUT2D eigenvalue weighted by Crippen LogP contribution is 2.29. The molecule has 0 unspecified atom stereocenters. The quantitative estimate of drug-likeness (QED) is 0.481. The first-order valence-electron chi connectivity index (χ1n) is 10.1. The second kappa shape index (κ2) is 9.26. The molecule has 0 aliphatic carbocycles. The van der Waals surface area contributed by atoms with Gasteiger partial charge in [0.25, 0.3) is 5.91 Å². The number of fused-ring (bicyclic) bond motifs is 1. The Bertz CT molecular complexity index is 1200. The predicted molar refractivity (Wildman–Crippen MR) is 126 cm³/mol. The van der Waals surface area contributed by atoms with Gasteiger partial charge in [-0.2, -0.15) is 5.10 Å². The molecule has 0 saturated carbocycles. The van der Waals surface area contributed by atoms with Crippen molar-refractivity contribution in [2.75, 3.05) is 23.9 Å². The number of para-hydroxylation sites is 1. The largest absolute Gasteiger partial charge is 0.497 e. The molecule has 3 aromatic carbocycles. The number of rotatable bonds is 6. The topological polar surface area (TPSA) is 83.4 Å². The van der Waals surface area contributed by atoms with Crippen LogP contribution in [0.4, 0.5) is 11.4 Å². The Labute approximate surface area is 186 Å². The fraction of sp³-hybridized carbons (Fsp3) is 0.120. The molecule has 0 atom stereocenters. The summed E-state index contributed by atoms with van der Waals surface area (Å²) < 4.78 is 5.14. The third-order valence-electron chi connectivity index (χ3n) is 5.02. The molecule has 7 heteroatoms. The van der Waals surface area contributed by atoms with E-state index in [2.05, 4.69) is 15.5 Å². The Hall–Kier alpha value is -4.26. The van der Waals surface area contributed by atoms with Crippen molar-refractivity contribution in [2.24, 2.45) is 10.2 Å². The fourth-order valence-corrected chi connectivity index (χ4v) is 3.34. The van der Waals surface area contributed by atoms with Crippen LogP contribution in [0.15, 0.2) is 83.0 Å². The van der Waals surface area contributed by atoms with E-state index in [-0.39, 0.29) is 24.1 Å². The van der Waals surface area contributed by atoms with Gasteiger partial charge in [-0.3, -0.25) is 14.5 Å². The van der Waals surface area contributed by atoms with E-state index in [4.69, 9.17) is 4.74 Å². The summed E-state index contributed by atoms with van der Waals surface area (Å²) in [5, 5.41) is 11.1. The first-order valence-corrected chi connectivity index (χ1v) is 10.1. The minimum absolute atomic E-state index is 0.120. The van der Waals surface area contributed by atoms with Crippen molar-refractivity contribution in [3.8, 4) is 5.75 Å². The van der Waals surface area contributed by atoms with Gasteiger partial charge >= 0.3 is 0 Å². The van der Waals surface area contributed by atoms with Crippen LogP contribution in [0.3, 0.4) is 0 Å². The number of hydrogen-bond acceptors (Lipinski definition) is 5. The van der Waals surface area contributed by atoms with Gasteiger partial charge < -0.3 is 10.1 Å². The molecule has 1 heterocycles. The number of nitrogens with one attached hydrogen (secondary N) is 1. The standard InChI is InChI=1S/C25H22N4O3/c1-17-7-11-19(12-8-17)27-23(30)16-29-22-6-4-3-5-21(22)24(25(29)31)28-26-15-18-9-13-20(32-2)14-10-18/h3-15H,16H2,1-2H3,(H,27,30)/b26-15-,28-24+. The highest BCUT2D eigenvalue weighted by molar-refractivity contribution is 6.54. The number of methoxy groups -OCH3 is 1. The monoisotopic (exact) mass is 426 g/mol. The smallest absolute Gasteiger partial charge is 0.279 e. The lowest BCUT2D eigenvalue weighted by atomic mass is 10.1. The summed E-state index contributed by atoms with van der Waals surface area (Å²) in [6.45, 7) is 1.86. The molecular weight excluding hydrogens is 404 g/mol. The van der Waals surface area contributed by atoms with Crippen LogP contribution in [-0.4, -0.2) is 37.4 Å². The molecule has 7 nitrogen and oxygen atoms in total. The summed E-state index contributed by atoms with van der Waals surface area (Å²) >= 11 is 0. The summed E-state index contributed by atoms with van der Waals surface area (Å²) in [5.41, 5.74) is 4.08. The average Bonchev–Trinajstić information content (AvgIpc) is 3.07. The van der Waals surface area contributed by atoms with Crippen LogP contribution in [0.5, 0.6) is 5.75 Å². The Kier molecular flexibility index (Phi) is 6.07. The molecule has 2 amide bonds. The van der Waals surface area contributed by atoms with Crippen molar-refractivity contribution < 1.29 is 14.3 Å². The van der Waals surface area contributed by atoms with E-state index in [1.54, 1.807) is 25.5 Å². The van der Waals surface area contributed by atoms with Crippen molar-refractivity contribution in [3.63, 3.8) is 0 Å². The number of aryl methyl sites for hydroxylation is 1. The zero-order valence-electron chi connectivity index (χ0n) is 17.8. The molecule has 0 radical (unpaired) electrons. The molecule has 32 heavy (non-hydrogen) atoms. The minimum Gasteiger partial charge on any atom is -0.497 e. The third kappa shape index (κ3) is 4.57. The van der Waals surface area contributed by atoms with Crippen LogP contribution >= 0.6 is 0 Å². The molecule has 0 fully saturated rings. The van der Waals surface area contributed by atoms with Crippen LogP contribution in [0.1, 0.15) is 16.7 Å². The van der Waals surface area contributed by atoms with E-state index in [9.17, 15) is 9.59 Å². The maximum Gasteiger partial charge on any atom is 0.279 e. The molecule has 1 aliphatic heterocycles. The predicted octanol–water partition coefficient (Wildman–Crippen LogP) is 3.81. The molecule has 3 aromatic rings. The Balaban J connectivity index is 1.52. The van der Waals surface area contributed by atoms with Crippen LogP contribution in [0, 0.1) is 6.92 Å². The number of ether oxygens (including phenoxy) is 1. The number of carbonyl (C=O) groups is 2. The minimum atomic E-state index is -0.364. The number of amides is 2. The number of benzene rings is 3. The molecule has 0 spiro atoms. The highest BCUT2D eigenvalue weighted by Gasteiger charge is 2.35. The van der Waals surface area contributed by atoms with Gasteiger partial charge in [0, 0.05) is 11.3 Å². The third-order valence-corrected chi connectivity index (χ3v) is 5.02. The molecule has 0 saturated heterocycles. The van der Waals surface area contributed by atoms with Gasteiger partial charge in [0.15, 0.2) is 5.71 Å². The van der Waals surface area contributed by atoms with E-state index >= 15 is 0 Å². The number of carbonyl (C=O) groups excluding carboxylic acids is 2. The van der Waals surface area contributed by atoms with Crippen molar-refractivity contribution in [3.05, 3.63) is 89.5 Å². The van der Waals surface area contributed by atoms with E-state index < -0.39 is 0 Å². The summed E-state index contributed by atoms with van der Waals surface area (Å²) in [5.74, 6) is 0.0880. The maximum atomic E-state index is 13.0. The van der Waals surface area contributed by atoms with Crippen molar-refractivity contribution in [1.82, 2.24) is 0 Å². The molecule has 0 bridgehead atoms. The second-order valence-electron chi connectivity index (χ2n) is 7.29. The van der Waals surface area contributed by atoms with Gasteiger partial charge in [-0.1, -0.05) is 35.9 Å². The molecule has 4 rings (SSSR count). The first kappa shape index (κ1) is 21.0. The van der Waals surface area contributed by atoms with Crippen LogP contribution in [-0.2, 0) is 9.59 Å². The average molecular weight is 426 g/mol. The highest BCUT2D eigenvalue weighted by atomic mass is 16.5. The zero-order valence-corrected chi connectivity index (χ0v) is 17.8. The summed E-state index contributed by atoms with van der Waals surface area (Å²) in [4.78, 5) is 27.0. The van der Waals surface area contributed by atoms with E-state index in [1.165, 1.54) is 4.90 Å². The van der Waals surface area contributed by atoms with Gasteiger partial charge in [0.2, 0.25) is 5.91 Å². The van der Waals surface area contributed by atoms with E-state index in [0.717, 1.165) is 16.9 Å². The van der Waals surface area contributed by atoms with Crippen molar-refractivity contribution in [1.29, 1.82) is 0 Å². The van der Waals surface area contributed by atoms with Gasteiger partial charge in [-0.15, -0.1) is 5.10 Å². The second-order valence-corrected chi connectivity index (χ2v) is 7.29. The van der Waals surface area contributed by atoms with E-state index in [1.807, 2.05) is 67.6 Å². The summed E-state index contributed by atoms with van der Waals surface area (Å²) in [7, 11) is 1.60. The number of hydrogen-bond donors (Lipinski definition) is 1. The van der Waals surface area contributed by atoms with Crippen LogP contribution < -0.4 is 15.0 Å². The van der Waals surface area contributed by atoms with Gasteiger partial charge in [0.1, 0.15) is 12.3 Å². The lowest BCUT2D eigenvalue weighted by molar-refractivity contribution is -0.118. The lowest BCUT2D eigenvalue weighted by Crippen LogP contribution is -2.37. The SMILES string of the molecule is COc1ccc(/C=N\N=C2\C(=O)N(CC(=O)Nc3ccc(C)cc3)c3ccccc32)cc1. The lowest BCUT2D eigenvalue weighted by Gasteiger charge is -2.16. The number of anilines is 2. The molecule has 160 valence electrons. The first-order chi connectivity index (χ1) is 15.5. The zero-order chi connectivity index (χ0) is 22.5. The maximum absolute atomic E-state index is 13.0. The molecule has 1 N–H and O–H groups in total. The van der Waals surface area contributed by atoms with Crippen molar-refractivity contribution >= 4 is 35.1 Å². The van der Waals surface area contributed by atoms with Gasteiger partial charge in [0.05, 0.1) is 19.0 Å². The molecular formula is C25H22N4O3. The van der Waals surface area contributed by atoms with Crippen molar-refractivity contribution in [2.45, 2.75) is 6.92 Å². The Morgan fingerprint density at radius 1 is 1.03 bits per heavy atom. The summed E-state index contributed by atoms with van der Waals surface area (Å²) in [6.07, 6.45) is 1.56. The molecule has 0 aromatic heterocycles. The number of nitrogens with zero attached hydrogens (tertiary/aromatic N) is 3. The summed E-state index contributed by atoms with van der Waals surface area (Å²) in [6, 6.07) is 22.0. The van der Waals surface area contributed by atoms with Gasteiger partial charge in [-0.25, -0.2) is 0 Å². The molecule has 1 aliphatic rings. The van der Waals surface area contributed by atoms with Crippen LogP contribution in [0.25, 0.3) is 0 Å². The fourth-order valence-electron chi connectivity index (χ4n) is 3.34. The van der Waals surface area contributed by atoms with Gasteiger partial charge in [-0.05, 0) is 55.0 Å². The Morgan fingerprint density at radius 3 is 2.47 bits per heavy atom. The Morgan fingerprint density at radius 2 is 1.75 bits per heavy atom. The van der Waals surface area contributed by atoms with E-state index in [0.29, 0.717) is 16.9 Å².